The van der Waals surface area contributed by atoms with E-state index in [1.807, 2.05) is 20.8 Å². The molecular weight excluding hydrogens is 236 g/mol. The van der Waals surface area contributed by atoms with E-state index < -0.39 is 0 Å². The maximum atomic E-state index is 5.25. The predicted octanol–water partition coefficient (Wildman–Crippen LogP) is 2.66. The minimum absolute atomic E-state index is 0.148. The van der Waals surface area contributed by atoms with Gasteiger partial charge in [0, 0.05) is 12.7 Å². The zero-order chi connectivity index (χ0) is 10.1. The number of rotatable bonds is 7. The van der Waals surface area contributed by atoms with Gasteiger partial charge in [-0.25, -0.2) is 0 Å². The van der Waals surface area contributed by atoms with Gasteiger partial charge in [0.25, 0.3) is 5.95 Å². The lowest BCUT2D eigenvalue weighted by Gasteiger charge is -2.11. The van der Waals surface area contributed by atoms with E-state index in [-0.39, 0.29) is 5.01 Å². The van der Waals surface area contributed by atoms with Crippen LogP contribution in [-0.2, 0) is 14.2 Å². The number of hydrogen-bond acceptors (Lipinski definition) is 3. The van der Waals surface area contributed by atoms with Crippen molar-refractivity contribution in [3.63, 3.8) is 0 Å². The molecule has 0 N–H and O–H groups in total. The van der Waals surface area contributed by atoms with Crippen molar-refractivity contribution in [1.29, 1.82) is 0 Å². The van der Waals surface area contributed by atoms with E-state index in [0.29, 0.717) is 25.8 Å². The Morgan fingerprint density at radius 1 is 1.15 bits per heavy atom. The van der Waals surface area contributed by atoms with E-state index in [0.717, 1.165) is 0 Å². The Balaban J connectivity index is 3.98. The molecular formula is C9H17BrO3. The van der Waals surface area contributed by atoms with Gasteiger partial charge in [-0.2, -0.15) is 0 Å². The van der Waals surface area contributed by atoms with E-state index in [1.54, 1.807) is 6.08 Å². The maximum Gasteiger partial charge on any atom is 0.278 e. The highest BCUT2D eigenvalue weighted by Gasteiger charge is 2.03. The van der Waals surface area contributed by atoms with Crippen LogP contribution in [0.5, 0.6) is 0 Å². The molecule has 0 amide bonds. The Labute approximate surface area is 88.2 Å². The fraction of sp³-hybridized carbons (Fsp3) is 0.778. The van der Waals surface area contributed by atoms with Crippen molar-refractivity contribution in [1.82, 2.24) is 0 Å². The normalized spacial score (nSPS) is 12.0. The third-order valence-corrected chi connectivity index (χ3v) is 1.69. The summed E-state index contributed by atoms with van der Waals surface area (Å²) in [5, 5.41) is -0.148. The van der Waals surface area contributed by atoms with Crippen LogP contribution in [0.2, 0.25) is 0 Å². The molecule has 0 aromatic carbocycles. The molecule has 0 aliphatic heterocycles. The molecule has 0 saturated carbocycles. The summed E-state index contributed by atoms with van der Waals surface area (Å²) in [6.07, 6.45) is 1.76. The van der Waals surface area contributed by atoms with Crippen LogP contribution < -0.4 is 0 Å². The fourth-order valence-electron chi connectivity index (χ4n) is 0.737. The average Bonchev–Trinajstić information content (AvgIpc) is 2.05. The van der Waals surface area contributed by atoms with Crippen molar-refractivity contribution in [3.05, 3.63) is 12.0 Å². The highest BCUT2D eigenvalue weighted by Crippen LogP contribution is 2.09. The van der Waals surface area contributed by atoms with Crippen LogP contribution in [0.3, 0.4) is 0 Å². The molecule has 13 heavy (non-hydrogen) atoms. The topological polar surface area (TPSA) is 27.7 Å². The lowest BCUT2D eigenvalue weighted by Crippen LogP contribution is -2.05. The van der Waals surface area contributed by atoms with Gasteiger partial charge in [0.2, 0.25) is 0 Å². The average molecular weight is 253 g/mol. The van der Waals surface area contributed by atoms with Gasteiger partial charge in [0.15, 0.2) is 0 Å². The zero-order valence-electron chi connectivity index (χ0n) is 8.38. The molecule has 0 fully saturated rings. The predicted molar refractivity (Wildman–Crippen MR) is 55.7 cm³/mol. The Morgan fingerprint density at radius 3 is 2.08 bits per heavy atom. The van der Waals surface area contributed by atoms with Crippen molar-refractivity contribution < 1.29 is 14.2 Å². The third-order valence-electron chi connectivity index (χ3n) is 1.17. The molecule has 1 unspecified atom stereocenters. The van der Waals surface area contributed by atoms with Crippen LogP contribution in [0, 0.1) is 0 Å². The van der Waals surface area contributed by atoms with Gasteiger partial charge in [0.1, 0.15) is 5.01 Å². The van der Waals surface area contributed by atoms with Crippen molar-refractivity contribution in [2.75, 3.05) is 19.8 Å². The monoisotopic (exact) mass is 252 g/mol. The zero-order valence-corrected chi connectivity index (χ0v) is 9.96. The highest BCUT2D eigenvalue weighted by atomic mass is 79.9. The molecule has 1 atom stereocenters. The molecule has 0 saturated heterocycles. The molecule has 78 valence electrons. The molecule has 4 heteroatoms. The Morgan fingerprint density at radius 2 is 1.69 bits per heavy atom. The van der Waals surface area contributed by atoms with Gasteiger partial charge in [-0.1, -0.05) is 15.9 Å². The molecule has 0 rings (SSSR count). The second-order valence-electron chi connectivity index (χ2n) is 2.16. The minimum Gasteiger partial charge on any atom is -0.466 e. The molecule has 0 aliphatic carbocycles. The molecule has 0 bridgehead atoms. The van der Waals surface area contributed by atoms with Crippen LogP contribution in [0.1, 0.15) is 20.8 Å². The van der Waals surface area contributed by atoms with Crippen molar-refractivity contribution >= 4 is 15.9 Å². The Hall–Kier alpha value is -0.220. The first-order chi connectivity index (χ1) is 6.24. The Kier molecular flexibility index (Phi) is 8.24. The van der Waals surface area contributed by atoms with E-state index >= 15 is 0 Å². The molecule has 0 aromatic heterocycles. The first kappa shape index (κ1) is 12.8. The molecule has 0 spiro atoms. The second-order valence-corrected chi connectivity index (χ2v) is 3.06. The quantitative estimate of drug-likeness (QED) is 0.515. The first-order valence-corrected chi connectivity index (χ1v) is 5.39. The summed E-state index contributed by atoms with van der Waals surface area (Å²) in [7, 11) is 0. The number of halogens is 1. The van der Waals surface area contributed by atoms with Gasteiger partial charge in [-0.3, -0.25) is 0 Å². The van der Waals surface area contributed by atoms with Gasteiger partial charge in [0.05, 0.1) is 13.2 Å². The van der Waals surface area contributed by atoms with Crippen molar-refractivity contribution in [2.45, 2.75) is 25.8 Å². The van der Waals surface area contributed by atoms with Crippen molar-refractivity contribution in [3.8, 4) is 0 Å². The van der Waals surface area contributed by atoms with E-state index in [9.17, 15) is 0 Å². The molecule has 0 aliphatic rings. The number of alkyl halides is 1. The second kappa shape index (κ2) is 8.38. The third kappa shape index (κ3) is 6.90. The number of hydrogen-bond donors (Lipinski definition) is 0. The van der Waals surface area contributed by atoms with Crippen molar-refractivity contribution in [2.24, 2.45) is 0 Å². The summed E-state index contributed by atoms with van der Waals surface area (Å²) in [6.45, 7) is 7.60. The molecule has 0 heterocycles. The van der Waals surface area contributed by atoms with Crippen LogP contribution in [0.25, 0.3) is 0 Å². The molecule has 3 nitrogen and oxygen atoms in total. The standard InChI is InChI=1S/C9H17BrO3/c1-4-11-8(10)7-9(12-5-2)13-6-3/h7-8H,4-6H2,1-3H3. The summed E-state index contributed by atoms with van der Waals surface area (Å²) in [6, 6.07) is 0. The van der Waals surface area contributed by atoms with Gasteiger partial charge >= 0.3 is 0 Å². The van der Waals surface area contributed by atoms with E-state index in [1.165, 1.54) is 0 Å². The summed E-state index contributed by atoms with van der Waals surface area (Å²) in [5.74, 6) is 0.514. The highest BCUT2D eigenvalue weighted by molar-refractivity contribution is 9.09. The van der Waals surface area contributed by atoms with Gasteiger partial charge in [-0.05, 0) is 20.8 Å². The number of ether oxygens (including phenoxy) is 3. The van der Waals surface area contributed by atoms with E-state index in [2.05, 4.69) is 15.9 Å². The smallest absolute Gasteiger partial charge is 0.278 e. The first-order valence-electron chi connectivity index (χ1n) is 4.47. The molecule has 0 radical (unpaired) electrons. The minimum atomic E-state index is -0.148. The lowest BCUT2D eigenvalue weighted by molar-refractivity contribution is 0.0405. The summed E-state index contributed by atoms with van der Waals surface area (Å²) in [5.41, 5.74) is 0. The SMILES string of the molecule is CCOC(=CC(Br)OCC)OCC. The van der Waals surface area contributed by atoms with Gasteiger partial charge < -0.3 is 14.2 Å². The molecule has 0 aromatic rings. The van der Waals surface area contributed by atoms with Crippen LogP contribution in [-0.4, -0.2) is 24.8 Å². The van der Waals surface area contributed by atoms with Crippen LogP contribution >= 0.6 is 15.9 Å². The summed E-state index contributed by atoms with van der Waals surface area (Å²) >= 11 is 3.32. The lowest BCUT2D eigenvalue weighted by atomic mass is 10.6. The largest absolute Gasteiger partial charge is 0.466 e. The fourth-order valence-corrected chi connectivity index (χ4v) is 1.22. The summed E-state index contributed by atoms with van der Waals surface area (Å²) < 4.78 is 15.7. The van der Waals surface area contributed by atoms with E-state index in [4.69, 9.17) is 14.2 Å². The summed E-state index contributed by atoms with van der Waals surface area (Å²) in [4.78, 5) is 0. The van der Waals surface area contributed by atoms with Crippen LogP contribution in [0.15, 0.2) is 12.0 Å². The van der Waals surface area contributed by atoms with Gasteiger partial charge in [-0.15, -0.1) is 0 Å². The maximum absolute atomic E-state index is 5.25. The van der Waals surface area contributed by atoms with Crippen LogP contribution in [0.4, 0.5) is 0 Å². The Bertz CT molecular complexity index is 140.